The maximum Gasteiger partial charge on any atom is 0.281 e. The van der Waals surface area contributed by atoms with Gasteiger partial charge in [0.2, 0.25) is 0 Å². The molecule has 1 aliphatic heterocycles. The number of nitrogens with zero attached hydrogens (tertiary/aromatic N) is 2. The van der Waals surface area contributed by atoms with E-state index in [1.807, 2.05) is 43.3 Å². The molecule has 3 rings (SSSR count). The topological polar surface area (TPSA) is 45.2 Å². The Labute approximate surface area is 128 Å². The molecule has 0 spiro atoms. The highest BCUT2D eigenvalue weighted by molar-refractivity contribution is 7.80. The number of para-hydroxylation sites is 1. The van der Waals surface area contributed by atoms with Crippen molar-refractivity contribution in [1.29, 1.82) is 0 Å². The number of carbonyl (C=O) groups is 1. The second-order valence-corrected chi connectivity index (χ2v) is 5.08. The zero-order valence-corrected chi connectivity index (χ0v) is 12.2. The Morgan fingerprint density at radius 3 is 2.62 bits per heavy atom. The standard InChI is InChI=1S/C16H13N3OS/c1-11-4-2-3-5-14(11)19-15(20)13(18-16(19)21)10-12-6-8-17-9-7-12/h2-10H,1H3,(H,18,21)/b13-10-. The predicted molar refractivity (Wildman–Crippen MR) is 86.6 cm³/mol. The van der Waals surface area contributed by atoms with E-state index in [1.165, 1.54) is 4.90 Å². The summed E-state index contributed by atoms with van der Waals surface area (Å²) in [5.41, 5.74) is 3.17. The molecule has 2 aromatic rings. The van der Waals surface area contributed by atoms with Crippen LogP contribution in [-0.2, 0) is 4.79 Å². The van der Waals surface area contributed by atoms with Crippen molar-refractivity contribution in [2.24, 2.45) is 0 Å². The molecule has 1 fully saturated rings. The average molecular weight is 295 g/mol. The fourth-order valence-corrected chi connectivity index (χ4v) is 2.49. The lowest BCUT2D eigenvalue weighted by molar-refractivity contribution is -0.113. The summed E-state index contributed by atoms with van der Waals surface area (Å²) >= 11 is 5.29. The van der Waals surface area contributed by atoms with E-state index in [1.54, 1.807) is 18.5 Å². The van der Waals surface area contributed by atoms with E-state index in [0.717, 1.165) is 16.8 Å². The van der Waals surface area contributed by atoms with Gasteiger partial charge in [0.1, 0.15) is 5.70 Å². The summed E-state index contributed by atoms with van der Waals surface area (Å²) in [5.74, 6) is -0.147. The Morgan fingerprint density at radius 2 is 1.90 bits per heavy atom. The number of nitrogens with one attached hydrogen (secondary N) is 1. The minimum absolute atomic E-state index is 0.147. The Hall–Kier alpha value is -2.53. The van der Waals surface area contributed by atoms with Gasteiger partial charge in [-0.15, -0.1) is 0 Å². The molecule has 2 heterocycles. The molecule has 1 aromatic carbocycles. The highest BCUT2D eigenvalue weighted by Crippen LogP contribution is 2.25. The Morgan fingerprint density at radius 1 is 1.19 bits per heavy atom. The van der Waals surface area contributed by atoms with Gasteiger partial charge in [-0.2, -0.15) is 0 Å². The van der Waals surface area contributed by atoms with E-state index in [-0.39, 0.29) is 5.91 Å². The molecule has 0 atom stereocenters. The van der Waals surface area contributed by atoms with Gasteiger partial charge in [0.25, 0.3) is 5.91 Å². The number of aryl methyl sites for hydroxylation is 1. The number of rotatable bonds is 2. The molecule has 0 bridgehead atoms. The van der Waals surface area contributed by atoms with Gasteiger partial charge in [-0.3, -0.25) is 14.7 Å². The minimum Gasteiger partial charge on any atom is -0.327 e. The van der Waals surface area contributed by atoms with Crippen molar-refractivity contribution in [2.45, 2.75) is 6.92 Å². The van der Waals surface area contributed by atoms with Crippen molar-refractivity contribution in [1.82, 2.24) is 10.3 Å². The van der Waals surface area contributed by atoms with Crippen molar-refractivity contribution in [3.63, 3.8) is 0 Å². The van der Waals surface area contributed by atoms with Crippen LogP contribution >= 0.6 is 12.2 Å². The van der Waals surface area contributed by atoms with Gasteiger partial charge >= 0.3 is 0 Å². The molecule has 4 nitrogen and oxygen atoms in total. The van der Waals surface area contributed by atoms with Gasteiger partial charge in [-0.05, 0) is 54.5 Å². The monoisotopic (exact) mass is 295 g/mol. The van der Waals surface area contributed by atoms with E-state index in [0.29, 0.717) is 10.8 Å². The molecule has 1 N–H and O–H groups in total. The summed E-state index contributed by atoms with van der Waals surface area (Å²) in [6.45, 7) is 1.95. The number of pyridine rings is 1. The molecule has 1 amide bonds. The molecule has 1 aliphatic rings. The first-order valence-corrected chi connectivity index (χ1v) is 6.90. The molecule has 104 valence electrons. The molecule has 1 aromatic heterocycles. The average Bonchev–Trinajstić information content (AvgIpc) is 2.76. The van der Waals surface area contributed by atoms with Crippen LogP contribution in [-0.4, -0.2) is 16.0 Å². The van der Waals surface area contributed by atoms with Crippen LogP contribution in [0.2, 0.25) is 0 Å². The van der Waals surface area contributed by atoms with Crippen LogP contribution in [0.5, 0.6) is 0 Å². The fraction of sp³-hybridized carbons (Fsp3) is 0.0625. The first-order chi connectivity index (χ1) is 10.2. The highest BCUT2D eigenvalue weighted by atomic mass is 32.1. The fourth-order valence-electron chi connectivity index (χ4n) is 2.19. The normalized spacial score (nSPS) is 16.4. The summed E-state index contributed by atoms with van der Waals surface area (Å²) in [7, 11) is 0. The first-order valence-electron chi connectivity index (χ1n) is 6.49. The van der Waals surface area contributed by atoms with Crippen molar-refractivity contribution in [2.75, 3.05) is 4.90 Å². The van der Waals surface area contributed by atoms with Gasteiger partial charge in [-0.25, -0.2) is 0 Å². The van der Waals surface area contributed by atoms with Crippen LogP contribution < -0.4 is 10.2 Å². The number of thiocarbonyl (C=S) groups is 1. The summed E-state index contributed by atoms with van der Waals surface area (Å²) in [6.07, 6.45) is 5.14. The van der Waals surface area contributed by atoms with E-state index in [9.17, 15) is 4.79 Å². The zero-order valence-electron chi connectivity index (χ0n) is 11.4. The second kappa shape index (κ2) is 5.46. The third-order valence-electron chi connectivity index (χ3n) is 3.25. The molecule has 0 aliphatic carbocycles. The molecule has 0 unspecified atom stereocenters. The van der Waals surface area contributed by atoms with Crippen LogP contribution in [0, 0.1) is 6.92 Å². The van der Waals surface area contributed by atoms with Crippen LogP contribution in [0.3, 0.4) is 0 Å². The number of hydrogen-bond donors (Lipinski definition) is 1. The largest absolute Gasteiger partial charge is 0.327 e. The summed E-state index contributed by atoms with van der Waals surface area (Å²) in [4.78, 5) is 18.0. The van der Waals surface area contributed by atoms with Crippen LogP contribution in [0.25, 0.3) is 6.08 Å². The van der Waals surface area contributed by atoms with Crippen molar-refractivity contribution >= 4 is 35.0 Å². The lowest BCUT2D eigenvalue weighted by Gasteiger charge is -2.16. The van der Waals surface area contributed by atoms with Gasteiger partial charge in [0.15, 0.2) is 5.11 Å². The molecular weight excluding hydrogens is 282 g/mol. The molecule has 5 heteroatoms. The van der Waals surface area contributed by atoms with Gasteiger partial charge in [0.05, 0.1) is 5.69 Å². The smallest absolute Gasteiger partial charge is 0.281 e. The van der Waals surface area contributed by atoms with E-state index in [2.05, 4.69) is 10.3 Å². The number of anilines is 1. The number of aromatic nitrogens is 1. The molecule has 1 saturated heterocycles. The highest BCUT2D eigenvalue weighted by Gasteiger charge is 2.32. The van der Waals surface area contributed by atoms with Crippen molar-refractivity contribution in [3.05, 3.63) is 65.6 Å². The molecule has 21 heavy (non-hydrogen) atoms. The van der Waals surface area contributed by atoms with E-state index in [4.69, 9.17) is 12.2 Å². The number of amides is 1. The van der Waals surface area contributed by atoms with Crippen LogP contribution in [0.15, 0.2) is 54.5 Å². The lowest BCUT2D eigenvalue weighted by Crippen LogP contribution is -2.30. The van der Waals surface area contributed by atoms with Crippen molar-refractivity contribution < 1.29 is 4.79 Å². The predicted octanol–water partition coefficient (Wildman–Crippen LogP) is 2.65. The summed E-state index contributed by atoms with van der Waals surface area (Å²) in [5, 5.41) is 3.37. The Kier molecular flexibility index (Phi) is 3.50. The minimum atomic E-state index is -0.147. The van der Waals surface area contributed by atoms with Gasteiger partial charge in [-0.1, -0.05) is 18.2 Å². The molecular formula is C16H13N3OS. The number of benzene rings is 1. The van der Waals surface area contributed by atoms with E-state index < -0.39 is 0 Å². The number of hydrogen-bond acceptors (Lipinski definition) is 3. The SMILES string of the molecule is Cc1ccccc1N1C(=O)/C(=C/c2ccncc2)NC1=S. The van der Waals surface area contributed by atoms with Crippen LogP contribution in [0.4, 0.5) is 5.69 Å². The lowest BCUT2D eigenvalue weighted by atomic mass is 10.2. The maximum absolute atomic E-state index is 12.6. The molecule has 0 radical (unpaired) electrons. The molecule has 0 saturated carbocycles. The van der Waals surface area contributed by atoms with Crippen molar-refractivity contribution in [3.8, 4) is 0 Å². The Balaban J connectivity index is 1.97. The third kappa shape index (κ3) is 2.55. The third-order valence-corrected chi connectivity index (χ3v) is 3.54. The Bertz CT molecular complexity index is 740. The first kappa shape index (κ1) is 13.5. The van der Waals surface area contributed by atoms with Gasteiger partial charge in [0, 0.05) is 12.4 Å². The summed E-state index contributed by atoms with van der Waals surface area (Å²) in [6, 6.07) is 11.3. The second-order valence-electron chi connectivity index (χ2n) is 4.70. The quantitative estimate of drug-likeness (QED) is 0.683. The van der Waals surface area contributed by atoms with Gasteiger partial charge < -0.3 is 5.32 Å². The summed E-state index contributed by atoms with van der Waals surface area (Å²) < 4.78 is 0. The number of carbonyl (C=O) groups excluding carboxylic acids is 1. The zero-order chi connectivity index (χ0) is 14.8. The van der Waals surface area contributed by atoms with Crippen LogP contribution in [0.1, 0.15) is 11.1 Å². The maximum atomic E-state index is 12.6. The van der Waals surface area contributed by atoms with E-state index >= 15 is 0 Å².